The van der Waals surface area contributed by atoms with Crippen LogP contribution in [-0.4, -0.2) is 29.4 Å². The Labute approximate surface area is 101 Å². The Morgan fingerprint density at radius 2 is 2.29 bits per heavy atom. The largest absolute Gasteiger partial charge is 0.375 e. The van der Waals surface area contributed by atoms with Crippen LogP contribution in [0.25, 0.3) is 0 Å². The summed E-state index contributed by atoms with van der Waals surface area (Å²) in [6, 6.07) is 2.26. The van der Waals surface area contributed by atoms with Crippen LogP contribution in [0.2, 0.25) is 0 Å². The molecule has 1 aliphatic rings. The number of nitrogens with one attached hydrogen (secondary N) is 1. The van der Waals surface area contributed by atoms with Crippen molar-refractivity contribution >= 4 is 11.7 Å². The molecule has 2 rings (SSSR count). The molecule has 17 heavy (non-hydrogen) atoms. The summed E-state index contributed by atoms with van der Waals surface area (Å²) >= 11 is 0. The van der Waals surface area contributed by atoms with Gasteiger partial charge in [-0.3, -0.25) is 4.79 Å². The minimum absolute atomic E-state index is 0.0792. The van der Waals surface area contributed by atoms with E-state index in [0.717, 1.165) is 18.7 Å². The summed E-state index contributed by atoms with van der Waals surface area (Å²) in [4.78, 5) is 11.5. The third-order valence-corrected chi connectivity index (χ3v) is 3.13. The fraction of sp³-hybridized carbons (Fsp3) is 0.667. The van der Waals surface area contributed by atoms with Gasteiger partial charge in [-0.15, -0.1) is 0 Å². The highest BCUT2D eigenvalue weighted by atomic mass is 16.5. The number of aromatic nitrogens is 2. The highest BCUT2D eigenvalue weighted by molar-refractivity contribution is 5.90. The van der Waals surface area contributed by atoms with Crippen molar-refractivity contribution in [3.05, 3.63) is 12.3 Å². The van der Waals surface area contributed by atoms with E-state index in [1.54, 1.807) is 6.20 Å². The molecule has 1 aromatic heterocycles. The number of nitrogens with zero attached hydrogens (tertiary/aromatic N) is 2. The number of anilines is 1. The number of hydrogen-bond donors (Lipinski definition) is 1. The SMILES string of the molecule is COCC(=O)Nc1ccnn1C1CCCCC1. The molecular weight excluding hydrogens is 218 g/mol. The number of methoxy groups -OCH3 is 1. The van der Waals surface area contributed by atoms with Crippen LogP contribution in [0.5, 0.6) is 0 Å². The monoisotopic (exact) mass is 237 g/mol. The van der Waals surface area contributed by atoms with Crippen molar-refractivity contribution in [1.29, 1.82) is 0 Å². The van der Waals surface area contributed by atoms with E-state index in [2.05, 4.69) is 10.4 Å². The van der Waals surface area contributed by atoms with Gasteiger partial charge in [0.05, 0.1) is 12.2 Å². The first-order chi connectivity index (χ1) is 8.31. The topological polar surface area (TPSA) is 56.1 Å². The van der Waals surface area contributed by atoms with Gasteiger partial charge in [0.1, 0.15) is 12.4 Å². The van der Waals surface area contributed by atoms with E-state index in [4.69, 9.17) is 4.74 Å². The predicted octanol–water partition coefficient (Wildman–Crippen LogP) is 1.97. The minimum Gasteiger partial charge on any atom is -0.375 e. The van der Waals surface area contributed by atoms with Crippen LogP contribution in [0.3, 0.4) is 0 Å². The van der Waals surface area contributed by atoms with E-state index in [9.17, 15) is 4.79 Å². The number of carbonyl (C=O) groups excluding carboxylic acids is 1. The fourth-order valence-electron chi connectivity index (χ4n) is 2.34. The van der Waals surface area contributed by atoms with Gasteiger partial charge < -0.3 is 10.1 Å². The second kappa shape index (κ2) is 5.82. The van der Waals surface area contributed by atoms with Crippen LogP contribution in [0.4, 0.5) is 5.82 Å². The summed E-state index contributed by atoms with van der Waals surface area (Å²) in [5, 5.41) is 7.14. The average Bonchev–Trinajstić information content (AvgIpc) is 2.78. The zero-order chi connectivity index (χ0) is 12.1. The van der Waals surface area contributed by atoms with Crippen LogP contribution >= 0.6 is 0 Å². The van der Waals surface area contributed by atoms with E-state index < -0.39 is 0 Å². The molecular formula is C12H19N3O2. The Balaban J connectivity index is 2.02. The maximum Gasteiger partial charge on any atom is 0.251 e. The number of hydrogen-bond acceptors (Lipinski definition) is 3. The van der Waals surface area contributed by atoms with Crippen LogP contribution < -0.4 is 5.32 Å². The summed E-state index contributed by atoms with van der Waals surface area (Å²) in [6.45, 7) is 0.0792. The lowest BCUT2D eigenvalue weighted by Gasteiger charge is -2.23. The lowest BCUT2D eigenvalue weighted by Crippen LogP contribution is -2.22. The Kier molecular flexibility index (Phi) is 4.14. The van der Waals surface area contributed by atoms with Crippen LogP contribution in [-0.2, 0) is 9.53 Å². The summed E-state index contributed by atoms with van der Waals surface area (Å²) in [7, 11) is 1.51. The predicted molar refractivity (Wildman–Crippen MR) is 64.9 cm³/mol. The first kappa shape index (κ1) is 12.1. The van der Waals surface area contributed by atoms with Crippen molar-refractivity contribution in [3.8, 4) is 0 Å². The third-order valence-electron chi connectivity index (χ3n) is 3.13. The molecule has 0 bridgehead atoms. The molecule has 0 unspecified atom stereocenters. The quantitative estimate of drug-likeness (QED) is 0.871. The molecule has 0 radical (unpaired) electrons. The molecule has 1 aliphatic carbocycles. The normalized spacial score (nSPS) is 17.0. The minimum atomic E-state index is -0.134. The van der Waals surface area contributed by atoms with Crippen molar-refractivity contribution in [2.24, 2.45) is 0 Å². The molecule has 0 aromatic carbocycles. The van der Waals surface area contributed by atoms with Crippen molar-refractivity contribution in [2.45, 2.75) is 38.1 Å². The van der Waals surface area contributed by atoms with Crippen molar-refractivity contribution in [1.82, 2.24) is 9.78 Å². The Morgan fingerprint density at radius 3 is 3.00 bits per heavy atom. The number of ether oxygens (including phenoxy) is 1. The van der Waals surface area contributed by atoms with Gasteiger partial charge in [-0.1, -0.05) is 19.3 Å². The zero-order valence-electron chi connectivity index (χ0n) is 10.2. The molecule has 1 N–H and O–H groups in total. The van der Waals surface area contributed by atoms with E-state index >= 15 is 0 Å². The molecule has 5 heteroatoms. The Morgan fingerprint density at radius 1 is 1.53 bits per heavy atom. The molecule has 1 saturated carbocycles. The molecule has 0 atom stereocenters. The number of amides is 1. The number of rotatable bonds is 4. The second-order valence-corrected chi connectivity index (χ2v) is 4.43. The molecule has 0 spiro atoms. The lowest BCUT2D eigenvalue weighted by molar-refractivity contribution is -0.119. The Bertz CT molecular complexity index is 370. The van der Waals surface area contributed by atoms with Crippen LogP contribution in [0.1, 0.15) is 38.1 Å². The van der Waals surface area contributed by atoms with Crippen molar-refractivity contribution in [2.75, 3.05) is 19.0 Å². The van der Waals surface area contributed by atoms with Crippen molar-refractivity contribution < 1.29 is 9.53 Å². The van der Waals surface area contributed by atoms with E-state index in [1.165, 1.54) is 26.4 Å². The smallest absolute Gasteiger partial charge is 0.251 e. The molecule has 0 saturated heterocycles. The fourth-order valence-corrected chi connectivity index (χ4v) is 2.34. The Hall–Kier alpha value is -1.36. The summed E-state index contributed by atoms with van der Waals surface area (Å²) < 4.78 is 6.73. The second-order valence-electron chi connectivity index (χ2n) is 4.43. The van der Waals surface area contributed by atoms with E-state index in [0.29, 0.717) is 6.04 Å². The first-order valence-corrected chi connectivity index (χ1v) is 6.13. The standard InChI is InChI=1S/C12H19N3O2/c1-17-9-12(16)14-11-7-8-13-15(11)10-5-3-2-4-6-10/h7-8,10H,2-6,9H2,1H3,(H,14,16). The maximum atomic E-state index is 11.5. The van der Waals surface area contributed by atoms with E-state index in [-0.39, 0.29) is 12.5 Å². The summed E-state index contributed by atoms with van der Waals surface area (Å²) in [6.07, 6.45) is 7.83. The average molecular weight is 237 g/mol. The first-order valence-electron chi connectivity index (χ1n) is 6.13. The lowest BCUT2D eigenvalue weighted by atomic mass is 9.96. The molecule has 0 aliphatic heterocycles. The number of carbonyl (C=O) groups is 1. The van der Waals surface area contributed by atoms with Gasteiger partial charge in [0, 0.05) is 13.2 Å². The van der Waals surface area contributed by atoms with Crippen LogP contribution in [0.15, 0.2) is 12.3 Å². The molecule has 94 valence electrons. The van der Waals surface area contributed by atoms with Gasteiger partial charge in [-0.2, -0.15) is 5.10 Å². The molecule has 1 heterocycles. The van der Waals surface area contributed by atoms with Gasteiger partial charge in [0.15, 0.2) is 0 Å². The highest BCUT2D eigenvalue weighted by Crippen LogP contribution is 2.29. The summed E-state index contributed by atoms with van der Waals surface area (Å²) in [5.41, 5.74) is 0. The highest BCUT2D eigenvalue weighted by Gasteiger charge is 2.18. The molecule has 5 nitrogen and oxygen atoms in total. The third kappa shape index (κ3) is 3.06. The summed E-state index contributed by atoms with van der Waals surface area (Å²) in [5.74, 6) is 0.643. The van der Waals surface area contributed by atoms with Gasteiger partial charge in [0.25, 0.3) is 5.91 Å². The van der Waals surface area contributed by atoms with E-state index in [1.807, 2.05) is 10.7 Å². The van der Waals surface area contributed by atoms with Crippen molar-refractivity contribution in [3.63, 3.8) is 0 Å². The maximum absolute atomic E-state index is 11.5. The molecule has 1 aromatic rings. The van der Waals surface area contributed by atoms with Gasteiger partial charge in [-0.05, 0) is 12.8 Å². The van der Waals surface area contributed by atoms with Gasteiger partial charge >= 0.3 is 0 Å². The van der Waals surface area contributed by atoms with Gasteiger partial charge in [-0.25, -0.2) is 4.68 Å². The molecule has 1 fully saturated rings. The zero-order valence-corrected chi connectivity index (χ0v) is 10.2. The van der Waals surface area contributed by atoms with Gasteiger partial charge in [0.2, 0.25) is 0 Å². The van der Waals surface area contributed by atoms with Crippen LogP contribution in [0, 0.1) is 0 Å². The molecule has 1 amide bonds.